The number of amidine groups is 1. The van der Waals surface area contributed by atoms with Crippen LogP contribution in [-0.4, -0.2) is 30.4 Å². The normalized spacial score (nSPS) is 18.0. The standard InChI is InChI=1S/C13H8BrClFN3O3S/c1-22-10(20)4-9-12(21)18-13(23-9)19-17-5-6-2-7(14)11(15)8(16)3-6/h2-5H,1H3,(H,18,19,21)/b9-4+,17-5?. The fraction of sp³-hybridized carbons (Fsp3) is 0.0769. The van der Waals surface area contributed by atoms with E-state index < -0.39 is 17.7 Å². The molecule has 1 aliphatic rings. The number of nitrogens with zero attached hydrogens (tertiary/aromatic N) is 2. The average Bonchev–Trinajstić information content (AvgIpc) is 2.84. The number of halogens is 3. The predicted octanol–water partition coefficient (Wildman–Crippen LogP) is 2.85. The molecule has 23 heavy (non-hydrogen) atoms. The van der Waals surface area contributed by atoms with E-state index in [1.54, 1.807) is 6.07 Å². The van der Waals surface area contributed by atoms with Gasteiger partial charge in [0.15, 0.2) is 5.17 Å². The number of thioether (sulfide) groups is 1. The van der Waals surface area contributed by atoms with Crippen LogP contribution in [0.5, 0.6) is 0 Å². The third-order valence-electron chi connectivity index (χ3n) is 2.46. The molecule has 1 heterocycles. The number of rotatable bonds is 3. The van der Waals surface area contributed by atoms with E-state index in [1.807, 2.05) is 0 Å². The number of methoxy groups -OCH3 is 1. The molecule has 1 saturated heterocycles. The summed E-state index contributed by atoms with van der Waals surface area (Å²) in [5, 5.41) is 10.1. The van der Waals surface area contributed by atoms with Crippen LogP contribution in [0.4, 0.5) is 4.39 Å². The molecule has 0 bridgehead atoms. The van der Waals surface area contributed by atoms with Crippen molar-refractivity contribution in [1.82, 2.24) is 5.32 Å². The number of amides is 1. The summed E-state index contributed by atoms with van der Waals surface area (Å²) in [7, 11) is 1.21. The monoisotopic (exact) mass is 419 g/mol. The Morgan fingerprint density at radius 3 is 2.91 bits per heavy atom. The fourth-order valence-electron chi connectivity index (χ4n) is 1.44. The van der Waals surface area contributed by atoms with Crippen molar-refractivity contribution in [2.24, 2.45) is 10.2 Å². The highest BCUT2D eigenvalue weighted by atomic mass is 79.9. The molecule has 10 heteroatoms. The van der Waals surface area contributed by atoms with E-state index in [9.17, 15) is 14.0 Å². The maximum Gasteiger partial charge on any atom is 0.331 e. The lowest BCUT2D eigenvalue weighted by atomic mass is 10.2. The summed E-state index contributed by atoms with van der Waals surface area (Å²) < 4.78 is 18.3. The average molecular weight is 421 g/mol. The number of ether oxygens (including phenoxy) is 1. The van der Waals surface area contributed by atoms with Crippen LogP contribution in [0.25, 0.3) is 0 Å². The van der Waals surface area contributed by atoms with Crippen LogP contribution in [0.2, 0.25) is 5.02 Å². The summed E-state index contributed by atoms with van der Waals surface area (Å²) in [5.74, 6) is -1.72. The van der Waals surface area contributed by atoms with Gasteiger partial charge in [0.25, 0.3) is 5.91 Å². The van der Waals surface area contributed by atoms with Crippen molar-refractivity contribution in [3.8, 4) is 0 Å². The van der Waals surface area contributed by atoms with Crippen molar-refractivity contribution in [2.45, 2.75) is 0 Å². The Labute approximate surface area is 147 Å². The number of benzene rings is 1. The minimum Gasteiger partial charge on any atom is -0.466 e. The van der Waals surface area contributed by atoms with E-state index in [4.69, 9.17) is 11.6 Å². The third-order valence-corrected chi connectivity index (χ3v) is 4.60. The largest absolute Gasteiger partial charge is 0.466 e. The molecule has 0 aromatic heterocycles. The molecule has 0 unspecified atom stereocenters. The molecule has 0 radical (unpaired) electrons. The lowest BCUT2D eigenvalue weighted by molar-refractivity contribution is -0.135. The van der Waals surface area contributed by atoms with Crippen LogP contribution in [0, 0.1) is 5.82 Å². The molecule has 0 atom stereocenters. The zero-order chi connectivity index (χ0) is 17.0. The van der Waals surface area contributed by atoms with Gasteiger partial charge in [-0.15, -0.1) is 5.10 Å². The summed E-state index contributed by atoms with van der Waals surface area (Å²) in [6, 6.07) is 2.76. The van der Waals surface area contributed by atoms with Crippen LogP contribution in [0.3, 0.4) is 0 Å². The first-order valence-corrected chi connectivity index (χ1v) is 7.94. The molecule has 1 aromatic rings. The molecule has 6 nitrogen and oxygen atoms in total. The van der Waals surface area contributed by atoms with Crippen molar-refractivity contribution >= 4 is 62.6 Å². The number of esters is 1. The number of hydrogen-bond acceptors (Lipinski definition) is 6. The Bertz CT molecular complexity index is 744. The molecule has 2 rings (SSSR count). The second-order valence-corrected chi connectivity index (χ2v) is 6.30. The fourth-order valence-corrected chi connectivity index (χ4v) is 2.74. The van der Waals surface area contributed by atoms with Gasteiger partial charge in [-0.1, -0.05) is 11.6 Å². The number of hydrogen-bond donors (Lipinski definition) is 1. The van der Waals surface area contributed by atoms with Gasteiger partial charge in [0.05, 0.1) is 23.3 Å². The van der Waals surface area contributed by atoms with Crippen molar-refractivity contribution in [3.63, 3.8) is 0 Å². The topological polar surface area (TPSA) is 80.1 Å². The number of carbonyl (C=O) groups is 2. The Kier molecular flexibility index (Phi) is 5.91. The van der Waals surface area contributed by atoms with Crippen molar-refractivity contribution < 1.29 is 18.7 Å². The zero-order valence-corrected chi connectivity index (χ0v) is 14.6. The minimum atomic E-state index is -0.645. The molecule has 0 aliphatic carbocycles. The van der Waals surface area contributed by atoms with Gasteiger partial charge in [-0.3, -0.25) is 10.1 Å². The van der Waals surface area contributed by atoms with Gasteiger partial charge in [-0.2, -0.15) is 5.10 Å². The number of carbonyl (C=O) groups excluding carboxylic acids is 2. The summed E-state index contributed by atoms with van der Waals surface area (Å²) in [4.78, 5) is 22.8. The molecule has 1 fully saturated rings. The summed E-state index contributed by atoms with van der Waals surface area (Å²) in [6.45, 7) is 0. The molecule has 0 spiro atoms. The molecular weight excluding hydrogens is 413 g/mol. The van der Waals surface area contributed by atoms with E-state index in [0.29, 0.717) is 10.0 Å². The molecule has 1 aromatic carbocycles. The Morgan fingerprint density at radius 2 is 2.26 bits per heavy atom. The molecule has 1 N–H and O–H groups in total. The van der Waals surface area contributed by atoms with Crippen molar-refractivity contribution in [3.05, 3.63) is 44.0 Å². The highest BCUT2D eigenvalue weighted by Gasteiger charge is 2.24. The van der Waals surface area contributed by atoms with Crippen LogP contribution in [0.15, 0.2) is 37.8 Å². The smallest absolute Gasteiger partial charge is 0.331 e. The van der Waals surface area contributed by atoms with Gasteiger partial charge in [-0.25, -0.2) is 9.18 Å². The van der Waals surface area contributed by atoms with Gasteiger partial charge >= 0.3 is 5.97 Å². The van der Waals surface area contributed by atoms with E-state index in [1.165, 1.54) is 19.4 Å². The number of nitrogens with one attached hydrogen (secondary N) is 1. The molecule has 0 saturated carbocycles. The first-order chi connectivity index (χ1) is 10.9. The first-order valence-electron chi connectivity index (χ1n) is 5.95. The predicted molar refractivity (Wildman–Crippen MR) is 90.0 cm³/mol. The summed E-state index contributed by atoms with van der Waals surface area (Å²) in [5.41, 5.74) is 0.433. The van der Waals surface area contributed by atoms with Gasteiger partial charge in [0, 0.05) is 10.5 Å². The molecule has 1 aliphatic heterocycles. The lowest BCUT2D eigenvalue weighted by Crippen LogP contribution is -2.19. The highest BCUT2D eigenvalue weighted by molar-refractivity contribution is 9.10. The van der Waals surface area contributed by atoms with Gasteiger partial charge in [0.1, 0.15) is 5.82 Å². The van der Waals surface area contributed by atoms with E-state index in [2.05, 4.69) is 36.2 Å². The maximum atomic E-state index is 13.5. The van der Waals surface area contributed by atoms with Gasteiger partial charge < -0.3 is 4.74 Å². The minimum absolute atomic E-state index is 0.0235. The van der Waals surface area contributed by atoms with Crippen molar-refractivity contribution in [1.29, 1.82) is 0 Å². The summed E-state index contributed by atoms with van der Waals surface area (Å²) >= 11 is 9.74. The van der Waals surface area contributed by atoms with Crippen LogP contribution < -0.4 is 5.32 Å². The Hall–Kier alpha value is -1.71. The van der Waals surface area contributed by atoms with E-state index in [-0.39, 0.29) is 15.1 Å². The Morgan fingerprint density at radius 1 is 1.52 bits per heavy atom. The first kappa shape index (κ1) is 17.6. The molecule has 120 valence electrons. The van der Waals surface area contributed by atoms with Crippen molar-refractivity contribution in [2.75, 3.05) is 7.11 Å². The maximum absolute atomic E-state index is 13.5. The molecular formula is C13H8BrClFN3O3S. The summed E-state index contributed by atoms with van der Waals surface area (Å²) in [6.07, 6.45) is 2.35. The second-order valence-electron chi connectivity index (χ2n) is 4.04. The SMILES string of the molecule is COC(=O)/C=C1/S/C(=N\N=Cc2cc(F)c(Cl)c(Br)c2)NC1=O. The van der Waals surface area contributed by atoms with Gasteiger partial charge in [0.2, 0.25) is 0 Å². The highest BCUT2D eigenvalue weighted by Crippen LogP contribution is 2.26. The third kappa shape index (κ3) is 4.63. The van der Waals surface area contributed by atoms with Crippen LogP contribution in [0.1, 0.15) is 5.56 Å². The van der Waals surface area contributed by atoms with Gasteiger partial charge in [-0.05, 0) is 45.4 Å². The lowest BCUT2D eigenvalue weighted by Gasteiger charge is -1.99. The quantitative estimate of drug-likeness (QED) is 0.268. The zero-order valence-electron chi connectivity index (χ0n) is 11.5. The molecule has 1 amide bonds. The van der Waals surface area contributed by atoms with Crippen LogP contribution in [-0.2, 0) is 14.3 Å². The second kappa shape index (κ2) is 7.71. The van der Waals surface area contributed by atoms with E-state index in [0.717, 1.165) is 17.8 Å². The Balaban J connectivity index is 2.11. The van der Waals surface area contributed by atoms with Crippen LogP contribution >= 0.6 is 39.3 Å². The van der Waals surface area contributed by atoms with E-state index >= 15 is 0 Å².